The molecular weight excluding hydrogens is 292 g/mol. The maximum absolute atomic E-state index is 12.0. The van der Waals surface area contributed by atoms with E-state index in [1.807, 2.05) is 24.3 Å². The van der Waals surface area contributed by atoms with Crippen molar-refractivity contribution >= 4 is 6.03 Å². The Balaban J connectivity index is 1.76. The SMILES string of the molecule is COc1ccccc1C(C)CNC(=O)NC1CCC(CO)CC1. The smallest absolute Gasteiger partial charge is 0.315 e. The van der Waals surface area contributed by atoms with Crippen molar-refractivity contribution in [3.05, 3.63) is 29.8 Å². The minimum atomic E-state index is -0.112. The number of benzene rings is 1. The zero-order chi connectivity index (χ0) is 16.7. The summed E-state index contributed by atoms with van der Waals surface area (Å²) in [6.45, 7) is 2.90. The Bertz CT molecular complexity index is 499. The van der Waals surface area contributed by atoms with E-state index in [0.717, 1.165) is 37.0 Å². The molecule has 5 heteroatoms. The van der Waals surface area contributed by atoms with E-state index in [1.54, 1.807) is 7.11 Å². The minimum Gasteiger partial charge on any atom is -0.496 e. The van der Waals surface area contributed by atoms with Gasteiger partial charge in [-0.3, -0.25) is 0 Å². The second-order valence-corrected chi connectivity index (χ2v) is 6.40. The molecule has 1 aliphatic rings. The van der Waals surface area contributed by atoms with E-state index < -0.39 is 0 Å². The number of nitrogens with one attached hydrogen (secondary N) is 2. The van der Waals surface area contributed by atoms with Crippen molar-refractivity contribution in [3.8, 4) is 5.75 Å². The normalized spacial score (nSPS) is 22.2. The summed E-state index contributed by atoms with van der Waals surface area (Å²) in [4.78, 5) is 12.0. The summed E-state index contributed by atoms with van der Waals surface area (Å²) >= 11 is 0. The van der Waals surface area contributed by atoms with Gasteiger partial charge < -0.3 is 20.5 Å². The van der Waals surface area contributed by atoms with E-state index in [1.165, 1.54) is 0 Å². The van der Waals surface area contributed by atoms with Crippen LogP contribution in [0.1, 0.15) is 44.1 Å². The summed E-state index contributed by atoms with van der Waals surface area (Å²) in [6.07, 6.45) is 3.86. The Kier molecular flexibility index (Phi) is 6.71. The van der Waals surface area contributed by atoms with Crippen molar-refractivity contribution in [2.45, 2.75) is 44.6 Å². The quantitative estimate of drug-likeness (QED) is 0.754. The molecule has 0 saturated heterocycles. The van der Waals surface area contributed by atoms with Gasteiger partial charge in [0.2, 0.25) is 0 Å². The monoisotopic (exact) mass is 320 g/mol. The fourth-order valence-corrected chi connectivity index (χ4v) is 3.16. The molecule has 0 aromatic heterocycles. The standard InChI is InChI=1S/C18H28N2O3/c1-13(16-5-3-4-6-17(16)23-2)11-19-18(22)20-15-9-7-14(12-21)8-10-15/h3-6,13-15,21H,7-12H2,1-2H3,(H2,19,20,22). The lowest BCUT2D eigenvalue weighted by Gasteiger charge is -2.28. The zero-order valence-electron chi connectivity index (χ0n) is 14.0. The number of aliphatic hydroxyl groups is 1. The van der Waals surface area contributed by atoms with Crippen LogP contribution >= 0.6 is 0 Å². The van der Waals surface area contributed by atoms with Crippen LogP contribution in [0.2, 0.25) is 0 Å². The van der Waals surface area contributed by atoms with Crippen molar-refractivity contribution in [2.24, 2.45) is 5.92 Å². The van der Waals surface area contributed by atoms with E-state index in [9.17, 15) is 4.79 Å². The lowest BCUT2D eigenvalue weighted by molar-refractivity contribution is 0.174. The maximum Gasteiger partial charge on any atom is 0.315 e. The molecule has 1 unspecified atom stereocenters. The first-order valence-corrected chi connectivity index (χ1v) is 8.42. The van der Waals surface area contributed by atoms with Gasteiger partial charge in [0.15, 0.2) is 0 Å². The number of urea groups is 1. The maximum atomic E-state index is 12.0. The van der Waals surface area contributed by atoms with Gasteiger partial charge in [0.1, 0.15) is 5.75 Å². The lowest BCUT2D eigenvalue weighted by Crippen LogP contribution is -2.44. The highest BCUT2D eigenvalue weighted by atomic mass is 16.5. The molecule has 0 radical (unpaired) electrons. The number of methoxy groups -OCH3 is 1. The second kappa shape index (κ2) is 8.77. The average molecular weight is 320 g/mol. The highest BCUT2D eigenvalue weighted by molar-refractivity contribution is 5.74. The predicted octanol–water partition coefficient (Wildman–Crippen LogP) is 2.65. The Morgan fingerprint density at radius 2 is 2.00 bits per heavy atom. The molecule has 2 rings (SSSR count). The summed E-state index contributed by atoms with van der Waals surface area (Å²) in [5.74, 6) is 1.44. The Morgan fingerprint density at radius 1 is 1.30 bits per heavy atom. The molecule has 128 valence electrons. The van der Waals surface area contributed by atoms with E-state index in [0.29, 0.717) is 12.5 Å². The molecule has 5 nitrogen and oxygen atoms in total. The zero-order valence-corrected chi connectivity index (χ0v) is 14.0. The Morgan fingerprint density at radius 3 is 2.65 bits per heavy atom. The molecule has 3 N–H and O–H groups in total. The van der Waals surface area contributed by atoms with Crippen LogP contribution in [0.5, 0.6) is 5.75 Å². The number of hydrogen-bond acceptors (Lipinski definition) is 3. The summed E-state index contributed by atoms with van der Waals surface area (Å²) in [7, 11) is 1.66. The number of carbonyl (C=O) groups excluding carboxylic acids is 1. The highest BCUT2D eigenvalue weighted by Gasteiger charge is 2.22. The number of aliphatic hydroxyl groups excluding tert-OH is 1. The largest absolute Gasteiger partial charge is 0.496 e. The van der Waals surface area contributed by atoms with Crippen molar-refractivity contribution in [2.75, 3.05) is 20.3 Å². The molecular formula is C18H28N2O3. The first-order valence-electron chi connectivity index (χ1n) is 8.42. The van der Waals surface area contributed by atoms with Crippen LogP contribution in [0, 0.1) is 5.92 Å². The van der Waals surface area contributed by atoms with Gasteiger partial charge in [0, 0.05) is 25.1 Å². The molecule has 23 heavy (non-hydrogen) atoms. The first kappa shape index (κ1) is 17.6. The molecule has 1 aromatic carbocycles. The Labute approximate surface area is 138 Å². The van der Waals surface area contributed by atoms with Crippen LogP contribution in [0.25, 0.3) is 0 Å². The molecule has 0 heterocycles. The molecule has 1 atom stereocenters. The van der Waals surface area contributed by atoms with Gasteiger partial charge in [-0.15, -0.1) is 0 Å². The van der Waals surface area contributed by atoms with Crippen LogP contribution in [-0.4, -0.2) is 37.4 Å². The second-order valence-electron chi connectivity index (χ2n) is 6.40. The van der Waals surface area contributed by atoms with Crippen molar-refractivity contribution < 1.29 is 14.6 Å². The van der Waals surface area contributed by atoms with Gasteiger partial charge in [-0.25, -0.2) is 4.79 Å². The number of carbonyl (C=O) groups is 1. The summed E-state index contributed by atoms with van der Waals surface area (Å²) in [5.41, 5.74) is 1.10. The Hall–Kier alpha value is -1.75. The number of amides is 2. The summed E-state index contributed by atoms with van der Waals surface area (Å²) < 4.78 is 5.37. The van der Waals surface area contributed by atoms with Crippen molar-refractivity contribution in [3.63, 3.8) is 0 Å². The highest BCUT2D eigenvalue weighted by Crippen LogP contribution is 2.26. The minimum absolute atomic E-state index is 0.112. The third kappa shape index (κ3) is 5.13. The average Bonchev–Trinajstić information content (AvgIpc) is 2.60. The van der Waals surface area contributed by atoms with E-state index in [4.69, 9.17) is 9.84 Å². The number of rotatable bonds is 6. The number of ether oxygens (including phenoxy) is 1. The van der Waals surface area contributed by atoms with E-state index in [-0.39, 0.29) is 24.6 Å². The first-order chi connectivity index (χ1) is 11.1. The molecule has 1 aliphatic carbocycles. The van der Waals surface area contributed by atoms with Crippen LogP contribution in [0.4, 0.5) is 4.79 Å². The molecule has 0 aliphatic heterocycles. The van der Waals surface area contributed by atoms with Gasteiger partial charge in [0.05, 0.1) is 7.11 Å². The van der Waals surface area contributed by atoms with Crippen LogP contribution in [-0.2, 0) is 0 Å². The van der Waals surface area contributed by atoms with Gasteiger partial charge in [0.25, 0.3) is 0 Å². The van der Waals surface area contributed by atoms with Crippen molar-refractivity contribution in [1.82, 2.24) is 10.6 Å². The van der Waals surface area contributed by atoms with Gasteiger partial charge in [-0.1, -0.05) is 25.1 Å². The van der Waals surface area contributed by atoms with Gasteiger partial charge in [-0.05, 0) is 43.2 Å². The summed E-state index contributed by atoms with van der Waals surface area (Å²) in [6, 6.07) is 8.00. The number of hydrogen-bond donors (Lipinski definition) is 3. The van der Waals surface area contributed by atoms with Crippen molar-refractivity contribution in [1.29, 1.82) is 0 Å². The van der Waals surface area contributed by atoms with E-state index >= 15 is 0 Å². The molecule has 0 bridgehead atoms. The molecule has 1 saturated carbocycles. The molecule has 0 spiro atoms. The van der Waals surface area contributed by atoms with Crippen LogP contribution in [0.15, 0.2) is 24.3 Å². The molecule has 1 aromatic rings. The fraction of sp³-hybridized carbons (Fsp3) is 0.611. The van der Waals surface area contributed by atoms with Crippen LogP contribution in [0.3, 0.4) is 0 Å². The fourth-order valence-electron chi connectivity index (χ4n) is 3.16. The molecule has 1 fully saturated rings. The van der Waals surface area contributed by atoms with E-state index in [2.05, 4.69) is 17.6 Å². The molecule has 2 amide bonds. The van der Waals surface area contributed by atoms with Crippen LogP contribution < -0.4 is 15.4 Å². The predicted molar refractivity (Wildman–Crippen MR) is 90.8 cm³/mol. The summed E-state index contributed by atoms with van der Waals surface area (Å²) in [5, 5.41) is 15.1. The number of para-hydroxylation sites is 1. The third-order valence-electron chi connectivity index (χ3n) is 4.68. The van der Waals surface area contributed by atoms with Gasteiger partial charge >= 0.3 is 6.03 Å². The van der Waals surface area contributed by atoms with Gasteiger partial charge in [-0.2, -0.15) is 0 Å². The topological polar surface area (TPSA) is 70.6 Å². The lowest BCUT2D eigenvalue weighted by atomic mass is 9.87. The third-order valence-corrected chi connectivity index (χ3v) is 4.68.